The van der Waals surface area contributed by atoms with Gasteiger partial charge >= 0.3 is 0 Å². The zero-order valence-electron chi connectivity index (χ0n) is 14.4. The summed E-state index contributed by atoms with van der Waals surface area (Å²) in [4.78, 5) is 20.8. The van der Waals surface area contributed by atoms with Crippen LogP contribution in [-0.4, -0.2) is 45.2 Å². The number of hydrogen-bond acceptors (Lipinski definition) is 5. The van der Waals surface area contributed by atoms with Crippen molar-refractivity contribution in [1.82, 2.24) is 19.7 Å². The van der Waals surface area contributed by atoms with Crippen LogP contribution in [0.3, 0.4) is 0 Å². The number of likely N-dealkylation sites (tertiary alicyclic amines) is 1. The Bertz CT molecular complexity index is 774. The summed E-state index contributed by atoms with van der Waals surface area (Å²) >= 11 is 0. The van der Waals surface area contributed by atoms with E-state index in [1.54, 1.807) is 0 Å². The third kappa shape index (κ3) is 2.76. The summed E-state index contributed by atoms with van der Waals surface area (Å²) < 4.78 is 7.92. The van der Waals surface area contributed by atoms with Crippen molar-refractivity contribution >= 4 is 11.6 Å². The molecule has 2 aliphatic heterocycles. The highest BCUT2D eigenvalue weighted by atomic mass is 16.4. The first-order valence-corrected chi connectivity index (χ1v) is 9.30. The highest BCUT2D eigenvalue weighted by Gasteiger charge is 2.28. The fourth-order valence-electron chi connectivity index (χ4n) is 4.26. The molecule has 0 aromatic carbocycles. The maximum absolute atomic E-state index is 11.9. The molecule has 1 aliphatic carbocycles. The molecule has 1 amide bonds. The number of fused-ring (bicyclic) bond motifs is 1. The highest BCUT2D eigenvalue weighted by molar-refractivity contribution is 5.95. The average molecular weight is 341 g/mol. The largest absolute Gasteiger partial charge is 0.444 e. The van der Waals surface area contributed by atoms with Crippen LogP contribution in [0.1, 0.15) is 49.1 Å². The number of anilines is 1. The van der Waals surface area contributed by atoms with E-state index in [9.17, 15) is 4.79 Å². The van der Waals surface area contributed by atoms with Crippen LogP contribution >= 0.6 is 0 Å². The van der Waals surface area contributed by atoms with Crippen molar-refractivity contribution in [3.05, 3.63) is 29.7 Å². The highest BCUT2D eigenvalue weighted by Crippen LogP contribution is 2.28. The van der Waals surface area contributed by atoms with E-state index in [1.807, 2.05) is 22.0 Å². The molecule has 0 bridgehead atoms. The minimum absolute atomic E-state index is 0.213. The molecular formula is C18H23N5O2. The summed E-state index contributed by atoms with van der Waals surface area (Å²) in [6.45, 7) is 3.57. The Labute approximate surface area is 146 Å². The zero-order valence-corrected chi connectivity index (χ0v) is 14.4. The molecule has 2 aromatic rings. The van der Waals surface area contributed by atoms with Gasteiger partial charge in [-0.15, -0.1) is 0 Å². The van der Waals surface area contributed by atoms with Gasteiger partial charge in [0.25, 0.3) is 0 Å². The quantitative estimate of drug-likeness (QED) is 0.850. The van der Waals surface area contributed by atoms with E-state index in [-0.39, 0.29) is 5.91 Å². The Balaban J connectivity index is 1.23. The number of carbonyl (C=O) groups is 1. The van der Waals surface area contributed by atoms with Crippen LogP contribution in [0.5, 0.6) is 0 Å². The molecule has 132 valence electrons. The summed E-state index contributed by atoms with van der Waals surface area (Å²) in [5.74, 6) is 2.16. The molecule has 25 heavy (non-hydrogen) atoms. The van der Waals surface area contributed by atoms with Crippen molar-refractivity contribution in [1.29, 1.82) is 0 Å². The lowest BCUT2D eigenvalue weighted by Crippen LogP contribution is -2.23. The Hall–Kier alpha value is -2.15. The van der Waals surface area contributed by atoms with Crippen molar-refractivity contribution in [2.45, 2.75) is 51.1 Å². The van der Waals surface area contributed by atoms with Gasteiger partial charge in [-0.1, -0.05) is 0 Å². The first-order valence-electron chi connectivity index (χ1n) is 9.30. The second kappa shape index (κ2) is 5.98. The molecule has 2 saturated heterocycles. The lowest BCUT2D eigenvalue weighted by molar-refractivity contribution is -0.117. The van der Waals surface area contributed by atoms with Gasteiger partial charge in [0, 0.05) is 38.7 Å². The van der Waals surface area contributed by atoms with E-state index in [0.717, 1.165) is 74.9 Å². The van der Waals surface area contributed by atoms with Gasteiger partial charge in [0.2, 0.25) is 11.8 Å². The first kappa shape index (κ1) is 15.1. The molecule has 3 aliphatic rings. The molecule has 4 heterocycles. The Kier molecular flexibility index (Phi) is 3.62. The van der Waals surface area contributed by atoms with E-state index >= 15 is 0 Å². The summed E-state index contributed by atoms with van der Waals surface area (Å²) in [5, 5.41) is 4.52. The summed E-state index contributed by atoms with van der Waals surface area (Å²) in [5.41, 5.74) is 2.10. The predicted molar refractivity (Wildman–Crippen MR) is 91.3 cm³/mol. The van der Waals surface area contributed by atoms with E-state index < -0.39 is 0 Å². The number of rotatable bonds is 4. The number of oxazole rings is 1. The van der Waals surface area contributed by atoms with Crippen molar-refractivity contribution in [3.8, 4) is 0 Å². The number of amides is 1. The van der Waals surface area contributed by atoms with Crippen LogP contribution < -0.4 is 4.90 Å². The van der Waals surface area contributed by atoms with Crippen LogP contribution in [0.15, 0.2) is 16.8 Å². The minimum atomic E-state index is 0.213. The lowest BCUT2D eigenvalue weighted by atomic mass is 10.3. The summed E-state index contributed by atoms with van der Waals surface area (Å²) in [6, 6.07) is 0.355. The maximum Gasteiger partial charge on any atom is 0.227 e. The topological polar surface area (TPSA) is 67.4 Å². The van der Waals surface area contributed by atoms with E-state index in [0.29, 0.717) is 12.5 Å². The molecule has 2 fully saturated rings. The lowest BCUT2D eigenvalue weighted by Gasteiger charge is -2.15. The van der Waals surface area contributed by atoms with Crippen molar-refractivity contribution in [2.24, 2.45) is 0 Å². The molecule has 1 unspecified atom stereocenters. The van der Waals surface area contributed by atoms with Gasteiger partial charge in [0.1, 0.15) is 5.76 Å². The van der Waals surface area contributed by atoms with Crippen LogP contribution in [0.4, 0.5) is 5.69 Å². The molecule has 7 nitrogen and oxygen atoms in total. The first-order chi connectivity index (χ1) is 12.3. The number of aryl methyl sites for hydroxylation is 2. The predicted octanol–water partition coefficient (Wildman–Crippen LogP) is 1.93. The third-order valence-electron chi connectivity index (χ3n) is 5.59. The van der Waals surface area contributed by atoms with Crippen LogP contribution in [-0.2, 0) is 24.2 Å². The molecule has 0 spiro atoms. The molecule has 0 radical (unpaired) electrons. The smallest absolute Gasteiger partial charge is 0.227 e. The maximum atomic E-state index is 11.9. The van der Waals surface area contributed by atoms with Gasteiger partial charge in [-0.05, 0) is 25.7 Å². The molecule has 2 aromatic heterocycles. The Morgan fingerprint density at radius 1 is 1.20 bits per heavy atom. The standard InChI is InChI=1S/C18H23N5O2/c24-18-5-2-7-22(18)14-9-19-23(11-14)13-6-8-21(10-13)12-17-20-15-3-1-4-16(15)25-17/h9,11,13H,1-8,10,12H2. The number of aromatic nitrogens is 3. The second-order valence-corrected chi connectivity index (χ2v) is 7.34. The van der Waals surface area contributed by atoms with Gasteiger partial charge < -0.3 is 9.32 Å². The normalized spacial score (nSPS) is 23.8. The molecular weight excluding hydrogens is 318 g/mol. The van der Waals surface area contributed by atoms with Crippen LogP contribution in [0.2, 0.25) is 0 Å². The SMILES string of the molecule is O=C1CCCN1c1cnn(C2CCN(Cc3nc4c(o3)CCC4)C2)c1. The number of carbonyl (C=O) groups excluding carboxylic acids is 1. The Morgan fingerprint density at radius 3 is 3.00 bits per heavy atom. The fourth-order valence-corrected chi connectivity index (χ4v) is 4.26. The summed E-state index contributed by atoms with van der Waals surface area (Å²) in [7, 11) is 0. The summed E-state index contributed by atoms with van der Waals surface area (Å²) in [6.07, 6.45) is 9.79. The number of hydrogen-bond donors (Lipinski definition) is 0. The molecule has 0 N–H and O–H groups in total. The van der Waals surface area contributed by atoms with Gasteiger partial charge in [-0.25, -0.2) is 4.98 Å². The van der Waals surface area contributed by atoms with Gasteiger partial charge in [-0.3, -0.25) is 14.4 Å². The third-order valence-corrected chi connectivity index (χ3v) is 5.59. The minimum Gasteiger partial charge on any atom is -0.444 e. The van der Waals surface area contributed by atoms with Crippen molar-refractivity contribution < 1.29 is 9.21 Å². The van der Waals surface area contributed by atoms with Crippen LogP contribution in [0, 0.1) is 0 Å². The van der Waals surface area contributed by atoms with Gasteiger partial charge in [0.15, 0.2) is 0 Å². The zero-order chi connectivity index (χ0) is 16.8. The second-order valence-electron chi connectivity index (χ2n) is 7.34. The Morgan fingerprint density at radius 2 is 2.16 bits per heavy atom. The number of nitrogens with zero attached hydrogens (tertiary/aromatic N) is 5. The van der Waals surface area contributed by atoms with Crippen molar-refractivity contribution in [3.63, 3.8) is 0 Å². The average Bonchev–Trinajstić information content (AvgIpc) is 3.35. The van der Waals surface area contributed by atoms with Crippen molar-refractivity contribution in [2.75, 3.05) is 24.5 Å². The fraction of sp³-hybridized carbons (Fsp3) is 0.611. The van der Waals surface area contributed by atoms with E-state index in [4.69, 9.17) is 4.42 Å². The monoisotopic (exact) mass is 341 g/mol. The van der Waals surface area contributed by atoms with Crippen LogP contribution in [0.25, 0.3) is 0 Å². The van der Waals surface area contributed by atoms with Gasteiger partial charge in [0.05, 0.1) is 30.2 Å². The molecule has 5 rings (SSSR count). The van der Waals surface area contributed by atoms with E-state index in [1.165, 1.54) is 6.42 Å². The van der Waals surface area contributed by atoms with Gasteiger partial charge in [-0.2, -0.15) is 5.10 Å². The molecule has 7 heteroatoms. The van der Waals surface area contributed by atoms with E-state index in [2.05, 4.69) is 15.0 Å². The molecule has 1 atom stereocenters. The molecule has 0 saturated carbocycles.